The van der Waals surface area contributed by atoms with Crippen molar-refractivity contribution < 1.29 is 9.59 Å². The van der Waals surface area contributed by atoms with Gasteiger partial charge in [0.05, 0.1) is 0 Å². The summed E-state index contributed by atoms with van der Waals surface area (Å²) in [4.78, 5) is 25.5. The van der Waals surface area contributed by atoms with Gasteiger partial charge in [-0.05, 0) is 37.8 Å². The van der Waals surface area contributed by atoms with Crippen molar-refractivity contribution in [2.24, 2.45) is 5.92 Å². The first-order valence-electron chi connectivity index (χ1n) is 8.53. The predicted octanol–water partition coefficient (Wildman–Crippen LogP) is 3.93. The summed E-state index contributed by atoms with van der Waals surface area (Å²) < 4.78 is 0. The molecule has 3 unspecified atom stereocenters. The molecule has 2 saturated carbocycles. The van der Waals surface area contributed by atoms with Crippen LogP contribution in [-0.4, -0.2) is 22.6 Å². The molecule has 0 spiro atoms. The minimum Gasteiger partial charge on any atom is -0.300 e. The molecule has 22 heavy (non-hydrogen) atoms. The maximum Gasteiger partial charge on any atom is 0.185 e. The van der Waals surface area contributed by atoms with Crippen LogP contribution in [0.15, 0.2) is 35.2 Å². The Balaban J connectivity index is 1.79. The van der Waals surface area contributed by atoms with Gasteiger partial charge in [0.1, 0.15) is 11.5 Å². The van der Waals surface area contributed by atoms with Crippen molar-refractivity contribution in [1.82, 2.24) is 0 Å². The normalized spacial score (nSPS) is 27.6. The molecule has 2 nitrogen and oxygen atoms in total. The van der Waals surface area contributed by atoms with Crippen molar-refractivity contribution in [2.75, 3.05) is 5.75 Å². The third-order valence-corrected chi connectivity index (χ3v) is 7.78. The minimum absolute atomic E-state index is 0.0186. The zero-order valence-electron chi connectivity index (χ0n) is 13.1. The Labute approximate surface area is 136 Å². The highest BCUT2D eigenvalue weighted by molar-refractivity contribution is 7.98. The SMILES string of the molecule is O=C1CCCC(C[S+](c2ccccc2)C2CCCCC2=O)C1. The van der Waals surface area contributed by atoms with Crippen LogP contribution in [-0.2, 0) is 20.5 Å². The second kappa shape index (κ2) is 7.45. The van der Waals surface area contributed by atoms with Crippen LogP contribution >= 0.6 is 0 Å². The molecule has 0 radical (unpaired) electrons. The molecular formula is C19H25O2S+. The van der Waals surface area contributed by atoms with Crippen molar-refractivity contribution >= 4 is 22.5 Å². The van der Waals surface area contributed by atoms with E-state index in [2.05, 4.69) is 24.3 Å². The number of Topliss-reactive ketones (excluding diaryl/α,β-unsaturated/α-hetero) is 2. The molecule has 0 heterocycles. The molecule has 0 aromatic heterocycles. The summed E-state index contributed by atoms with van der Waals surface area (Å²) in [6, 6.07) is 10.5. The number of hydrogen-bond donors (Lipinski definition) is 0. The first kappa shape index (κ1) is 15.8. The quantitative estimate of drug-likeness (QED) is 0.788. The number of ketones is 2. The van der Waals surface area contributed by atoms with Crippen LogP contribution < -0.4 is 0 Å². The van der Waals surface area contributed by atoms with E-state index >= 15 is 0 Å². The zero-order chi connectivity index (χ0) is 15.4. The molecule has 2 aliphatic carbocycles. The van der Waals surface area contributed by atoms with Crippen LogP contribution in [0.2, 0.25) is 0 Å². The van der Waals surface area contributed by atoms with Crippen LogP contribution in [0.4, 0.5) is 0 Å². The summed E-state index contributed by atoms with van der Waals surface area (Å²) in [7, 11) is -0.0186. The fourth-order valence-electron chi connectivity index (χ4n) is 3.73. The van der Waals surface area contributed by atoms with E-state index in [1.54, 1.807) is 0 Å². The number of carbonyl (C=O) groups excluding carboxylic acids is 2. The van der Waals surface area contributed by atoms with Gasteiger partial charge in [-0.1, -0.05) is 18.2 Å². The summed E-state index contributed by atoms with van der Waals surface area (Å²) in [5.41, 5.74) is 0. The lowest BCUT2D eigenvalue weighted by molar-refractivity contribution is -0.121. The molecule has 3 rings (SSSR count). The Hall–Kier alpha value is -1.09. The summed E-state index contributed by atoms with van der Waals surface area (Å²) in [6.07, 6.45) is 7.72. The van der Waals surface area contributed by atoms with Crippen molar-refractivity contribution in [2.45, 2.75) is 61.5 Å². The van der Waals surface area contributed by atoms with E-state index in [0.717, 1.165) is 50.7 Å². The van der Waals surface area contributed by atoms with E-state index < -0.39 is 0 Å². The van der Waals surface area contributed by atoms with Crippen LogP contribution in [0.1, 0.15) is 51.4 Å². The molecule has 0 amide bonds. The van der Waals surface area contributed by atoms with Gasteiger partial charge >= 0.3 is 0 Å². The maximum atomic E-state index is 12.5. The maximum absolute atomic E-state index is 12.5. The molecule has 3 atom stereocenters. The summed E-state index contributed by atoms with van der Waals surface area (Å²) in [5.74, 6) is 2.40. The number of rotatable bonds is 4. The highest BCUT2D eigenvalue weighted by atomic mass is 32.2. The van der Waals surface area contributed by atoms with E-state index in [1.807, 2.05) is 6.07 Å². The van der Waals surface area contributed by atoms with Gasteiger partial charge in [-0.3, -0.25) is 9.59 Å². The van der Waals surface area contributed by atoms with Gasteiger partial charge in [0.15, 0.2) is 15.9 Å². The van der Waals surface area contributed by atoms with Gasteiger partial charge in [-0.2, -0.15) is 0 Å². The second-order valence-corrected chi connectivity index (χ2v) is 8.84. The lowest BCUT2D eigenvalue weighted by atomic mass is 9.90. The average molecular weight is 317 g/mol. The van der Waals surface area contributed by atoms with Gasteiger partial charge < -0.3 is 0 Å². The van der Waals surface area contributed by atoms with Gasteiger partial charge in [-0.15, -0.1) is 0 Å². The van der Waals surface area contributed by atoms with Crippen LogP contribution in [0, 0.1) is 5.92 Å². The number of benzene rings is 1. The first-order chi connectivity index (χ1) is 10.7. The molecule has 0 saturated heterocycles. The Kier molecular flexibility index (Phi) is 5.35. The molecule has 2 fully saturated rings. The average Bonchev–Trinajstić information content (AvgIpc) is 2.54. The Morgan fingerprint density at radius 1 is 0.955 bits per heavy atom. The standard InChI is InChI=1S/C19H25O2S/c20-16-8-6-7-15(13-16)14-22(17-9-2-1-3-10-17)19-12-5-4-11-18(19)21/h1-3,9-10,15,19H,4-8,11-14H2/q+1. The highest BCUT2D eigenvalue weighted by Crippen LogP contribution is 2.33. The molecule has 1 aromatic rings. The van der Waals surface area contributed by atoms with Crippen molar-refractivity contribution in [3.63, 3.8) is 0 Å². The minimum atomic E-state index is -0.0186. The fraction of sp³-hybridized carbons (Fsp3) is 0.579. The van der Waals surface area contributed by atoms with E-state index in [1.165, 1.54) is 11.3 Å². The Morgan fingerprint density at radius 2 is 1.77 bits per heavy atom. The van der Waals surface area contributed by atoms with Gasteiger partial charge in [0, 0.05) is 42.5 Å². The van der Waals surface area contributed by atoms with Gasteiger partial charge in [0.2, 0.25) is 0 Å². The van der Waals surface area contributed by atoms with Crippen LogP contribution in [0.25, 0.3) is 0 Å². The zero-order valence-corrected chi connectivity index (χ0v) is 13.9. The fourth-order valence-corrected chi connectivity index (χ4v) is 6.67. The lowest BCUT2D eigenvalue weighted by Crippen LogP contribution is -2.37. The third kappa shape index (κ3) is 3.81. The van der Waals surface area contributed by atoms with E-state index in [9.17, 15) is 9.59 Å². The smallest absolute Gasteiger partial charge is 0.185 e. The van der Waals surface area contributed by atoms with Crippen molar-refractivity contribution in [3.05, 3.63) is 30.3 Å². The summed E-state index contributed by atoms with van der Waals surface area (Å²) >= 11 is 0. The molecule has 3 heteroatoms. The number of carbonyl (C=O) groups is 2. The topological polar surface area (TPSA) is 34.1 Å². The second-order valence-electron chi connectivity index (χ2n) is 6.61. The van der Waals surface area contributed by atoms with Crippen molar-refractivity contribution in [1.29, 1.82) is 0 Å². The predicted molar refractivity (Wildman–Crippen MR) is 91.2 cm³/mol. The first-order valence-corrected chi connectivity index (χ1v) is 9.99. The van der Waals surface area contributed by atoms with E-state index in [4.69, 9.17) is 0 Å². The van der Waals surface area contributed by atoms with Gasteiger partial charge in [-0.25, -0.2) is 0 Å². The monoisotopic (exact) mass is 317 g/mol. The van der Waals surface area contributed by atoms with E-state index in [0.29, 0.717) is 17.5 Å². The molecule has 1 aromatic carbocycles. The molecule has 0 N–H and O–H groups in total. The Bertz CT molecular complexity index is 525. The summed E-state index contributed by atoms with van der Waals surface area (Å²) in [6.45, 7) is 0. The largest absolute Gasteiger partial charge is 0.300 e. The molecule has 0 aliphatic heterocycles. The highest BCUT2D eigenvalue weighted by Gasteiger charge is 2.41. The molecular weight excluding hydrogens is 292 g/mol. The van der Waals surface area contributed by atoms with E-state index in [-0.39, 0.29) is 16.1 Å². The summed E-state index contributed by atoms with van der Waals surface area (Å²) in [5, 5.41) is 0.202. The van der Waals surface area contributed by atoms with Crippen LogP contribution in [0.5, 0.6) is 0 Å². The third-order valence-electron chi connectivity index (χ3n) is 4.89. The number of hydrogen-bond acceptors (Lipinski definition) is 2. The Morgan fingerprint density at radius 3 is 2.50 bits per heavy atom. The molecule has 2 aliphatic rings. The van der Waals surface area contributed by atoms with Crippen LogP contribution in [0.3, 0.4) is 0 Å². The van der Waals surface area contributed by atoms with Crippen molar-refractivity contribution in [3.8, 4) is 0 Å². The van der Waals surface area contributed by atoms with Gasteiger partial charge in [0.25, 0.3) is 0 Å². The molecule has 118 valence electrons. The lowest BCUT2D eigenvalue weighted by Gasteiger charge is -2.26. The molecule has 0 bridgehead atoms.